The van der Waals surface area contributed by atoms with Gasteiger partial charge in [-0.15, -0.1) is 0 Å². The van der Waals surface area contributed by atoms with Gasteiger partial charge in [-0.2, -0.15) is 0 Å². The molecule has 4 aromatic rings. The summed E-state index contributed by atoms with van der Waals surface area (Å²) >= 11 is 0. The number of nitrogens with zero attached hydrogens (tertiary/aromatic N) is 4. The number of carbonyl (C=O) groups excluding carboxylic acids is 2. The number of amides is 2. The first-order valence-electron chi connectivity index (χ1n) is 14.3. The molecule has 40 heavy (non-hydrogen) atoms. The highest BCUT2D eigenvalue weighted by molar-refractivity contribution is 6.08. The Kier molecular flexibility index (Phi) is 6.30. The molecule has 1 aliphatic carbocycles. The fourth-order valence-corrected chi connectivity index (χ4v) is 5.73. The third-order valence-corrected chi connectivity index (χ3v) is 8.06. The van der Waals surface area contributed by atoms with Gasteiger partial charge in [0, 0.05) is 43.0 Å². The van der Waals surface area contributed by atoms with Gasteiger partial charge in [0.05, 0.1) is 17.1 Å². The molecule has 2 fully saturated rings. The van der Waals surface area contributed by atoms with Crippen LogP contribution in [0.25, 0.3) is 22.5 Å². The van der Waals surface area contributed by atoms with Gasteiger partial charge in [-0.1, -0.05) is 24.3 Å². The molecule has 7 rings (SSSR count). The average Bonchev–Trinajstić information content (AvgIpc) is 3.75. The van der Waals surface area contributed by atoms with Gasteiger partial charge in [-0.05, 0) is 80.5 Å². The van der Waals surface area contributed by atoms with Crippen LogP contribution in [0.1, 0.15) is 58.6 Å². The largest absolute Gasteiger partial charge is 0.357 e. The van der Waals surface area contributed by atoms with Crippen molar-refractivity contribution in [3.05, 3.63) is 83.8 Å². The Bertz CT molecular complexity index is 1570. The summed E-state index contributed by atoms with van der Waals surface area (Å²) in [4.78, 5) is 43.5. The van der Waals surface area contributed by atoms with Gasteiger partial charge in [0.25, 0.3) is 11.8 Å². The van der Waals surface area contributed by atoms with Crippen LogP contribution in [0.4, 0.5) is 11.5 Å². The molecule has 0 radical (unpaired) electrons. The van der Waals surface area contributed by atoms with E-state index in [2.05, 4.69) is 21.3 Å². The second-order valence-electron chi connectivity index (χ2n) is 10.9. The second kappa shape index (κ2) is 10.3. The van der Waals surface area contributed by atoms with Crippen molar-refractivity contribution in [1.29, 1.82) is 0 Å². The van der Waals surface area contributed by atoms with Crippen LogP contribution in [0.5, 0.6) is 0 Å². The molecule has 3 aromatic heterocycles. The molecule has 2 N–H and O–H groups in total. The van der Waals surface area contributed by atoms with Gasteiger partial charge in [0.1, 0.15) is 17.2 Å². The number of benzene rings is 1. The van der Waals surface area contributed by atoms with Crippen LogP contribution in [0.2, 0.25) is 0 Å². The number of aromatic amines is 1. The van der Waals surface area contributed by atoms with Crippen LogP contribution in [-0.4, -0.2) is 52.4 Å². The lowest BCUT2D eigenvalue weighted by atomic mass is 10.1. The smallest absolute Gasteiger partial charge is 0.276 e. The molecule has 202 valence electrons. The number of nitrogens with one attached hydrogen (secondary N) is 2. The van der Waals surface area contributed by atoms with E-state index in [9.17, 15) is 9.59 Å². The highest BCUT2D eigenvalue weighted by Gasteiger charge is 2.29. The first kappa shape index (κ1) is 24.6. The van der Waals surface area contributed by atoms with Gasteiger partial charge in [-0.25, -0.2) is 9.97 Å². The predicted molar refractivity (Wildman–Crippen MR) is 156 cm³/mol. The average molecular weight is 533 g/mol. The molecule has 2 aliphatic heterocycles. The first-order valence-corrected chi connectivity index (χ1v) is 14.3. The maximum Gasteiger partial charge on any atom is 0.276 e. The summed E-state index contributed by atoms with van der Waals surface area (Å²) in [6.45, 7) is 2.58. The molecule has 1 aromatic carbocycles. The summed E-state index contributed by atoms with van der Waals surface area (Å²) in [6, 6.07) is 19.7. The summed E-state index contributed by atoms with van der Waals surface area (Å²) in [6.07, 6.45) is 8.26. The third kappa shape index (κ3) is 4.74. The van der Waals surface area contributed by atoms with Crippen LogP contribution in [0, 0.1) is 0 Å². The molecule has 0 atom stereocenters. The molecule has 2 amide bonds. The number of carbonyl (C=O) groups is 2. The quantitative estimate of drug-likeness (QED) is 0.367. The fraction of sp³-hybridized carbons (Fsp3) is 0.312. The number of rotatable bonds is 5. The second-order valence-corrected chi connectivity index (χ2v) is 10.9. The Morgan fingerprint density at radius 3 is 2.58 bits per heavy atom. The minimum absolute atomic E-state index is 0.0690. The van der Waals surface area contributed by atoms with Crippen LogP contribution in [0.15, 0.2) is 66.9 Å². The molecule has 5 heterocycles. The first-order chi connectivity index (χ1) is 19.6. The molecule has 8 heteroatoms. The topological polar surface area (TPSA) is 94.2 Å². The highest BCUT2D eigenvalue weighted by atomic mass is 16.2. The van der Waals surface area contributed by atoms with Crippen molar-refractivity contribution < 1.29 is 9.59 Å². The maximum atomic E-state index is 13.9. The number of pyridine rings is 2. The number of fused-ring (bicyclic) bond motifs is 3. The molecule has 0 bridgehead atoms. The van der Waals surface area contributed by atoms with Crippen LogP contribution in [-0.2, 0) is 6.42 Å². The minimum atomic E-state index is -0.149. The standard InChI is InChI=1S/C32H32N6O2/c39-31(34-23-12-13-23)27-19-21-15-18-38(28-10-3-2-7-24(28)30(21)36-27)32(40)26-9-6-8-25(35-26)22-11-14-29(33-20-22)37-16-4-1-5-17-37/h2-3,6-11,14,19-20,23,36H,1,4-5,12-13,15-18H2,(H,34,39). The molecule has 3 aliphatic rings. The number of hydrogen-bond donors (Lipinski definition) is 2. The van der Waals surface area contributed by atoms with Crippen molar-refractivity contribution >= 4 is 23.3 Å². The minimum Gasteiger partial charge on any atom is -0.357 e. The summed E-state index contributed by atoms with van der Waals surface area (Å²) in [5.74, 6) is 0.776. The van der Waals surface area contributed by atoms with Crippen molar-refractivity contribution in [3.63, 3.8) is 0 Å². The van der Waals surface area contributed by atoms with E-state index in [0.29, 0.717) is 30.4 Å². The summed E-state index contributed by atoms with van der Waals surface area (Å²) in [7, 11) is 0. The predicted octanol–water partition coefficient (Wildman–Crippen LogP) is 5.22. The van der Waals surface area contributed by atoms with E-state index < -0.39 is 0 Å². The van der Waals surface area contributed by atoms with E-state index in [1.807, 2.05) is 54.7 Å². The molecule has 8 nitrogen and oxygen atoms in total. The Morgan fingerprint density at radius 1 is 0.925 bits per heavy atom. The molecule has 0 spiro atoms. The lowest BCUT2D eigenvalue weighted by molar-refractivity contribution is 0.0944. The SMILES string of the molecule is O=C(NC1CC1)c1cc2c([nH]1)-c1ccccc1N(C(=O)c1cccc(-c3ccc(N4CCCCC4)nc3)n1)CC2. The van der Waals surface area contributed by atoms with E-state index in [-0.39, 0.29) is 11.8 Å². The number of para-hydroxylation sites is 1. The van der Waals surface area contributed by atoms with Crippen molar-refractivity contribution in [1.82, 2.24) is 20.3 Å². The van der Waals surface area contributed by atoms with Crippen molar-refractivity contribution in [2.45, 2.75) is 44.6 Å². The van der Waals surface area contributed by atoms with Crippen LogP contribution < -0.4 is 15.1 Å². The summed E-state index contributed by atoms with van der Waals surface area (Å²) in [5.41, 5.74) is 6.22. The monoisotopic (exact) mass is 532 g/mol. The van der Waals surface area contributed by atoms with Gasteiger partial charge < -0.3 is 20.1 Å². The summed E-state index contributed by atoms with van der Waals surface area (Å²) < 4.78 is 0. The molecule has 1 saturated carbocycles. The van der Waals surface area contributed by atoms with E-state index in [0.717, 1.165) is 65.5 Å². The number of H-pyrrole nitrogens is 1. The number of anilines is 2. The fourth-order valence-electron chi connectivity index (χ4n) is 5.73. The van der Waals surface area contributed by atoms with Crippen molar-refractivity contribution in [2.75, 3.05) is 29.4 Å². The van der Waals surface area contributed by atoms with E-state index >= 15 is 0 Å². The third-order valence-electron chi connectivity index (χ3n) is 8.06. The van der Waals surface area contributed by atoms with Crippen molar-refractivity contribution in [3.8, 4) is 22.5 Å². The number of piperidine rings is 1. The van der Waals surface area contributed by atoms with Crippen LogP contribution >= 0.6 is 0 Å². The Labute approximate surface area is 233 Å². The van der Waals surface area contributed by atoms with Gasteiger partial charge >= 0.3 is 0 Å². The Morgan fingerprint density at radius 2 is 1.77 bits per heavy atom. The zero-order valence-corrected chi connectivity index (χ0v) is 22.4. The van der Waals surface area contributed by atoms with Gasteiger partial charge in [0.2, 0.25) is 0 Å². The van der Waals surface area contributed by atoms with E-state index in [1.54, 1.807) is 11.0 Å². The Hall–Kier alpha value is -4.46. The lowest BCUT2D eigenvalue weighted by Gasteiger charge is -2.27. The molecular weight excluding hydrogens is 500 g/mol. The maximum absolute atomic E-state index is 13.9. The highest BCUT2D eigenvalue weighted by Crippen LogP contribution is 2.37. The van der Waals surface area contributed by atoms with Crippen molar-refractivity contribution in [2.24, 2.45) is 0 Å². The summed E-state index contributed by atoms with van der Waals surface area (Å²) in [5, 5.41) is 3.06. The molecule has 1 saturated heterocycles. The van der Waals surface area contributed by atoms with Gasteiger partial charge in [0.15, 0.2) is 0 Å². The van der Waals surface area contributed by atoms with E-state index in [4.69, 9.17) is 9.97 Å². The number of hydrogen-bond acceptors (Lipinski definition) is 5. The Balaban J connectivity index is 1.15. The lowest BCUT2D eigenvalue weighted by Crippen LogP contribution is -2.33. The van der Waals surface area contributed by atoms with Crippen LogP contribution in [0.3, 0.4) is 0 Å². The molecular formula is C32H32N6O2. The zero-order valence-electron chi connectivity index (χ0n) is 22.4. The number of aromatic nitrogens is 3. The normalized spacial score (nSPS) is 16.6. The van der Waals surface area contributed by atoms with E-state index in [1.165, 1.54) is 19.3 Å². The van der Waals surface area contributed by atoms with Gasteiger partial charge in [-0.3, -0.25) is 9.59 Å². The molecule has 0 unspecified atom stereocenters. The zero-order chi connectivity index (χ0) is 27.1.